The Morgan fingerprint density at radius 3 is 2.44 bits per heavy atom. The second-order valence-corrected chi connectivity index (χ2v) is 6.31. The third kappa shape index (κ3) is 5.31. The fourth-order valence-corrected chi connectivity index (χ4v) is 2.65. The molecule has 0 saturated carbocycles. The summed E-state index contributed by atoms with van der Waals surface area (Å²) in [7, 11) is 1.64. The van der Waals surface area contributed by atoms with Crippen LogP contribution in [0.1, 0.15) is 21.5 Å². The number of aryl methyl sites for hydroxylation is 1. The standard InChI is InChI=1S/C22H23N3O2/c1-16-3-7-19(8-4-16)25-20-13-18(14-23-15-20)22(26)24-12-11-17-5-9-21(27-2)10-6-17/h3-10,13-15,25H,11-12H2,1-2H3,(H,24,26). The molecule has 0 bridgehead atoms. The molecule has 1 heterocycles. The molecule has 1 amide bonds. The normalized spacial score (nSPS) is 10.3. The number of carbonyl (C=O) groups excluding carboxylic acids is 1. The van der Waals surface area contributed by atoms with Crippen LogP contribution in [0.25, 0.3) is 0 Å². The van der Waals surface area contributed by atoms with E-state index < -0.39 is 0 Å². The molecule has 5 heteroatoms. The van der Waals surface area contributed by atoms with E-state index >= 15 is 0 Å². The van der Waals surface area contributed by atoms with Gasteiger partial charge in [-0.15, -0.1) is 0 Å². The number of pyridine rings is 1. The summed E-state index contributed by atoms with van der Waals surface area (Å²) in [6, 6.07) is 17.7. The van der Waals surface area contributed by atoms with Crippen LogP contribution in [0.4, 0.5) is 11.4 Å². The van der Waals surface area contributed by atoms with Crippen molar-refractivity contribution in [2.45, 2.75) is 13.3 Å². The third-order valence-electron chi connectivity index (χ3n) is 4.20. The van der Waals surface area contributed by atoms with Gasteiger partial charge in [0, 0.05) is 18.4 Å². The van der Waals surface area contributed by atoms with Crippen molar-refractivity contribution in [3.8, 4) is 5.75 Å². The molecule has 2 aromatic carbocycles. The molecule has 5 nitrogen and oxygen atoms in total. The number of methoxy groups -OCH3 is 1. The lowest BCUT2D eigenvalue weighted by molar-refractivity contribution is 0.0954. The van der Waals surface area contributed by atoms with Crippen LogP contribution in [0.5, 0.6) is 5.75 Å². The zero-order valence-corrected chi connectivity index (χ0v) is 15.5. The lowest BCUT2D eigenvalue weighted by atomic mass is 10.1. The molecule has 1 aromatic heterocycles. The molecule has 0 saturated heterocycles. The average molecular weight is 361 g/mol. The van der Waals surface area contributed by atoms with Gasteiger partial charge in [-0.3, -0.25) is 9.78 Å². The second kappa shape index (κ2) is 8.85. The molecule has 0 atom stereocenters. The van der Waals surface area contributed by atoms with Crippen molar-refractivity contribution in [3.63, 3.8) is 0 Å². The van der Waals surface area contributed by atoms with Crippen LogP contribution >= 0.6 is 0 Å². The highest BCUT2D eigenvalue weighted by molar-refractivity contribution is 5.94. The summed E-state index contributed by atoms with van der Waals surface area (Å²) in [6.45, 7) is 2.60. The van der Waals surface area contributed by atoms with E-state index in [1.54, 1.807) is 25.6 Å². The van der Waals surface area contributed by atoms with Crippen molar-refractivity contribution in [2.75, 3.05) is 19.0 Å². The van der Waals surface area contributed by atoms with Gasteiger partial charge in [0.15, 0.2) is 0 Å². The molecular formula is C22H23N3O2. The highest BCUT2D eigenvalue weighted by Gasteiger charge is 2.07. The summed E-state index contributed by atoms with van der Waals surface area (Å²) in [5, 5.41) is 6.20. The first kappa shape index (κ1) is 18.5. The SMILES string of the molecule is COc1ccc(CCNC(=O)c2cncc(Nc3ccc(C)cc3)c2)cc1. The van der Waals surface area contributed by atoms with Gasteiger partial charge in [-0.05, 0) is 49.2 Å². The zero-order chi connectivity index (χ0) is 19.1. The highest BCUT2D eigenvalue weighted by atomic mass is 16.5. The number of anilines is 2. The molecule has 0 aliphatic carbocycles. The number of benzene rings is 2. The van der Waals surface area contributed by atoms with E-state index in [1.807, 2.05) is 55.5 Å². The van der Waals surface area contributed by atoms with Crippen molar-refractivity contribution in [3.05, 3.63) is 83.7 Å². The van der Waals surface area contributed by atoms with Crippen LogP contribution in [0.2, 0.25) is 0 Å². The summed E-state index contributed by atoms with van der Waals surface area (Å²) in [4.78, 5) is 16.6. The zero-order valence-electron chi connectivity index (χ0n) is 15.5. The highest BCUT2D eigenvalue weighted by Crippen LogP contribution is 2.17. The topological polar surface area (TPSA) is 63.2 Å². The fourth-order valence-electron chi connectivity index (χ4n) is 2.65. The largest absolute Gasteiger partial charge is 0.497 e. The Hall–Kier alpha value is -3.34. The predicted molar refractivity (Wildman–Crippen MR) is 108 cm³/mol. The molecule has 27 heavy (non-hydrogen) atoms. The molecule has 0 fully saturated rings. The van der Waals surface area contributed by atoms with Gasteiger partial charge in [-0.2, -0.15) is 0 Å². The minimum atomic E-state index is -0.136. The van der Waals surface area contributed by atoms with E-state index in [9.17, 15) is 4.79 Å². The van der Waals surface area contributed by atoms with E-state index in [0.717, 1.165) is 29.1 Å². The van der Waals surface area contributed by atoms with Gasteiger partial charge in [0.1, 0.15) is 5.75 Å². The second-order valence-electron chi connectivity index (χ2n) is 6.31. The van der Waals surface area contributed by atoms with Gasteiger partial charge in [0.25, 0.3) is 5.91 Å². The maximum absolute atomic E-state index is 12.4. The van der Waals surface area contributed by atoms with Crippen LogP contribution < -0.4 is 15.4 Å². The quantitative estimate of drug-likeness (QED) is 0.665. The lowest BCUT2D eigenvalue weighted by Gasteiger charge is -2.09. The van der Waals surface area contributed by atoms with E-state index in [2.05, 4.69) is 15.6 Å². The molecule has 0 aliphatic rings. The molecule has 2 N–H and O–H groups in total. The molecule has 3 rings (SSSR count). The summed E-state index contributed by atoms with van der Waals surface area (Å²) in [5.74, 6) is 0.690. The van der Waals surface area contributed by atoms with Crippen LogP contribution in [0.3, 0.4) is 0 Å². The Bertz CT molecular complexity index is 890. The van der Waals surface area contributed by atoms with Gasteiger partial charge in [-0.25, -0.2) is 0 Å². The van der Waals surface area contributed by atoms with Crippen molar-refractivity contribution in [1.82, 2.24) is 10.3 Å². The maximum Gasteiger partial charge on any atom is 0.252 e. The van der Waals surface area contributed by atoms with Gasteiger partial charge in [0.2, 0.25) is 0 Å². The predicted octanol–water partition coefficient (Wildman–Crippen LogP) is 4.11. The van der Waals surface area contributed by atoms with Gasteiger partial charge < -0.3 is 15.4 Å². The number of carbonyl (C=O) groups is 1. The Labute approximate surface area is 159 Å². The molecule has 138 valence electrons. The van der Waals surface area contributed by atoms with E-state index in [-0.39, 0.29) is 5.91 Å². The number of hydrogen-bond donors (Lipinski definition) is 2. The summed E-state index contributed by atoms with van der Waals surface area (Å²) >= 11 is 0. The molecule has 0 aliphatic heterocycles. The first-order valence-electron chi connectivity index (χ1n) is 8.84. The third-order valence-corrected chi connectivity index (χ3v) is 4.20. The first-order valence-corrected chi connectivity index (χ1v) is 8.84. The lowest BCUT2D eigenvalue weighted by Crippen LogP contribution is -2.25. The van der Waals surface area contributed by atoms with Crippen LogP contribution in [0, 0.1) is 6.92 Å². The van der Waals surface area contributed by atoms with Crippen molar-refractivity contribution >= 4 is 17.3 Å². The molecule has 3 aromatic rings. The van der Waals surface area contributed by atoms with Crippen LogP contribution in [0.15, 0.2) is 67.0 Å². The monoisotopic (exact) mass is 361 g/mol. The number of hydrogen-bond acceptors (Lipinski definition) is 4. The fraction of sp³-hybridized carbons (Fsp3) is 0.182. The van der Waals surface area contributed by atoms with E-state index in [1.165, 1.54) is 5.56 Å². The van der Waals surface area contributed by atoms with Gasteiger partial charge in [-0.1, -0.05) is 29.8 Å². The smallest absolute Gasteiger partial charge is 0.252 e. The minimum Gasteiger partial charge on any atom is -0.497 e. The minimum absolute atomic E-state index is 0.136. The Morgan fingerprint density at radius 2 is 1.74 bits per heavy atom. The van der Waals surface area contributed by atoms with Crippen molar-refractivity contribution in [1.29, 1.82) is 0 Å². The maximum atomic E-state index is 12.4. The van der Waals surface area contributed by atoms with Crippen LogP contribution in [-0.4, -0.2) is 24.5 Å². The molecular weight excluding hydrogens is 338 g/mol. The number of aromatic nitrogens is 1. The average Bonchev–Trinajstić information content (AvgIpc) is 2.70. The molecule has 0 unspecified atom stereocenters. The van der Waals surface area contributed by atoms with E-state index in [0.29, 0.717) is 12.1 Å². The number of ether oxygens (including phenoxy) is 1. The number of rotatable bonds is 7. The van der Waals surface area contributed by atoms with Gasteiger partial charge in [0.05, 0.1) is 24.6 Å². The Balaban J connectivity index is 1.55. The van der Waals surface area contributed by atoms with Crippen LogP contribution in [-0.2, 0) is 6.42 Å². The Kier molecular flexibility index (Phi) is 6.05. The Morgan fingerprint density at radius 1 is 1.00 bits per heavy atom. The molecule has 0 spiro atoms. The first-order chi connectivity index (χ1) is 13.1. The van der Waals surface area contributed by atoms with Crippen molar-refractivity contribution < 1.29 is 9.53 Å². The summed E-state index contributed by atoms with van der Waals surface area (Å²) in [6.07, 6.45) is 4.03. The number of nitrogens with one attached hydrogen (secondary N) is 2. The summed E-state index contributed by atoms with van der Waals surface area (Å²) < 4.78 is 5.15. The summed E-state index contributed by atoms with van der Waals surface area (Å²) in [5.41, 5.74) is 4.61. The number of amides is 1. The van der Waals surface area contributed by atoms with E-state index in [4.69, 9.17) is 4.74 Å². The molecule has 0 radical (unpaired) electrons. The number of nitrogens with zero attached hydrogens (tertiary/aromatic N) is 1. The van der Waals surface area contributed by atoms with Gasteiger partial charge >= 0.3 is 0 Å². The van der Waals surface area contributed by atoms with Crippen molar-refractivity contribution in [2.24, 2.45) is 0 Å².